The second-order valence-electron chi connectivity index (χ2n) is 5.03. The number of alkyl halides is 3. The molecule has 8 heteroatoms. The van der Waals surface area contributed by atoms with Crippen LogP contribution in [0.1, 0.15) is 32.3 Å². The minimum atomic E-state index is -4.77. The van der Waals surface area contributed by atoms with E-state index in [2.05, 4.69) is 10.1 Å². The highest BCUT2D eigenvalue weighted by molar-refractivity contribution is 5.85. The summed E-state index contributed by atoms with van der Waals surface area (Å²) in [5, 5.41) is 2.65. The summed E-state index contributed by atoms with van der Waals surface area (Å²) in [5.41, 5.74) is 5.24. The highest BCUT2D eigenvalue weighted by Crippen LogP contribution is 2.28. The van der Waals surface area contributed by atoms with Crippen LogP contribution >= 0.6 is 12.4 Å². The van der Waals surface area contributed by atoms with Crippen molar-refractivity contribution in [1.29, 1.82) is 0 Å². The van der Waals surface area contributed by atoms with E-state index >= 15 is 0 Å². The highest BCUT2D eigenvalue weighted by atomic mass is 35.5. The molecule has 0 spiro atoms. The van der Waals surface area contributed by atoms with Crippen LogP contribution in [0.25, 0.3) is 0 Å². The van der Waals surface area contributed by atoms with Crippen molar-refractivity contribution in [3.8, 4) is 5.75 Å². The minimum Gasteiger partial charge on any atom is -0.405 e. The molecule has 4 nitrogen and oxygen atoms in total. The largest absolute Gasteiger partial charge is 0.573 e. The first kappa shape index (κ1) is 21.5. The van der Waals surface area contributed by atoms with Crippen LogP contribution in [0, 0.1) is 5.41 Å². The summed E-state index contributed by atoms with van der Waals surface area (Å²) in [7, 11) is 0. The van der Waals surface area contributed by atoms with Gasteiger partial charge in [-0.2, -0.15) is 0 Å². The Kier molecular flexibility index (Phi) is 8.41. The molecule has 3 N–H and O–H groups in total. The van der Waals surface area contributed by atoms with Crippen molar-refractivity contribution in [2.24, 2.45) is 11.1 Å². The van der Waals surface area contributed by atoms with Gasteiger partial charge >= 0.3 is 6.36 Å². The van der Waals surface area contributed by atoms with Crippen LogP contribution in [0.15, 0.2) is 24.3 Å². The Morgan fingerprint density at radius 1 is 1.22 bits per heavy atom. The summed E-state index contributed by atoms with van der Waals surface area (Å²) >= 11 is 0. The summed E-state index contributed by atoms with van der Waals surface area (Å²) in [6.45, 7) is 3.85. The summed E-state index contributed by atoms with van der Waals surface area (Å²) in [6, 6.07) is 5.71. The Balaban J connectivity index is 0.00000484. The van der Waals surface area contributed by atoms with Crippen molar-refractivity contribution in [1.82, 2.24) is 5.32 Å². The number of rotatable bonds is 7. The molecule has 0 aromatic heterocycles. The van der Waals surface area contributed by atoms with Crippen molar-refractivity contribution in [3.63, 3.8) is 0 Å². The molecule has 1 amide bonds. The number of para-hydroxylation sites is 1. The van der Waals surface area contributed by atoms with E-state index < -0.39 is 11.8 Å². The molecular weight excluding hydrogens is 333 g/mol. The lowest BCUT2D eigenvalue weighted by Crippen LogP contribution is -2.45. The summed E-state index contributed by atoms with van der Waals surface area (Å²) in [6.07, 6.45) is -3.65. The van der Waals surface area contributed by atoms with Crippen LogP contribution in [-0.4, -0.2) is 18.8 Å². The second-order valence-corrected chi connectivity index (χ2v) is 5.03. The predicted octanol–water partition coefficient (Wildman–Crippen LogP) is 3.39. The zero-order valence-corrected chi connectivity index (χ0v) is 13.9. The van der Waals surface area contributed by atoms with Crippen LogP contribution in [0.4, 0.5) is 13.2 Å². The number of halogens is 4. The standard InChI is InChI=1S/C15H21F3N2O2.ClH/c1-3-14(4-2,10-19)13(21)20-9-11-7-5-6-8-12(11)22-15(16,17)18;/h5-8H,3-4,9-10,19H2,1-2H3,(H,20,21);1H. The molecule has 132 valence electrons. The molecule has 0 bridgehead atoms. The third-order valence-electron chi connectivity index (χ3n) is 3.86. The molecule has 0 aliphatic heterocycles. The lowest BCUT2D eigenvalue weighted by molar-refractivity contribution is -0.274. The maximum absolute atomic E-state index is 12.3. The quantitative estimate of drug-likeness (QED) is 0.789. The fourth-order valence-corrected chi connectivity index (χ4v) is 2.19. The van der Waals surface area contributed by atoms with Crippen LogP contribution in [0.5, 0.6) is 5.75 Å². The predicted molar refractivity (Wildman–Crippen MR) is 84.3 cm³/mol. The van der Waals surface area contributed by atoms with E-state index in [0.717, 1.165) is 0 Å². The summed E-state index contributed by atoms with van der Waals surface area (Å²) < 4.78 is 41.0. The third kappa shape index (κ3) is 5.91. The molecular formula is C15H22ClF3N2O2. The molecule has 1 rings (SSSR count). The zero-order chi connectivity index (χ0) is 16.8. The van der Waals surface area contributed by atoms with Gasteiger partial charge in [0.05, 0.1) is 5.41 Å². The van der Waals surface area contributed by atoms with E-state index in [1.165, 1.54) is 18.2 Å². The highest BCUT2D eigenvalue weighted by Gasteiger charge is 2.34. The zero-order valence-electron chi connectivity index (χ0n) is 13.1. The van der Waals surface area contributed by atoms with E-state index in [-0.39, 0.29) is 42.7 Å². The number of hydrogen-bond acceptors (Lipinski definition) is 3. The van der Waals surface area contributed by atoms with Gasteiger partial charge < -0.3 is 15.8 Å². The van der Waals surface area contributed by atoms with Gasteiger partial charge in [0.15, 0.2) is 0 Å². The van der Waals surface area contributed by atoms with Crippen LogP contribution < -0.4 is 15.8 Å². The smallest absolute Gasteiger partial charge is 0.405 e. The van der Waals surface area contributed by atoms with Gasteiger partial charge in [-0.05, 0) is 18.9 Å². The number of carbonyl (C=O) groups is 1. The average molecular weight is 355 g/mol. The number of benzene rings is 1. The molecule has 1 aromatic rings. The molecule has 0 unspecified atom stereocenters. The minimum absolute atomic E-state index is 0. The van der Waals surface area contributed by atoms with Crippen molar-refractivity contribution in [2.45, 2.75) is 39.6 Å². The van der Waals surface area contributed by atoms with E-state index in [1.807, 2.05) is 13.8 Å². The number of nitrogens with one attached hydrogen (secondary N) is 1. The van der Waals surface area contributed by atoms with Gasteiger partial charge in [-0.1, -0.05) is 32.0 Å². The monoisotopic (exact) mass is 354 g/mol. The molecule has 0 aliphatic rings. The van der Waals surface area contributed by atoms with Crippen molar-refractivity contribution in [3.05, 3.63) is 29.8 Å². The Hall–Kier alpha value is -1.47. The number of amides is 1. The molecule has 0 fully saturated rings. The average Bonchev–Trinajstić information content (AvgIpc) is 2.47. The first-order chi connectivity index (χ1) is 10.3. The van der Waals surface area contributed by atoms with Gasteiger partial charge in [0, 0.05) is 18.7 Å². The van der Waals surface area contributed by atoms with Crippen molar-refractivity contribution >= 4 is 18.3 Å². The van der Waals surface area contributed by atoms with Crippen molar-refractivity contribution < 1.29 is 22.7 Å². The lowest BCUT2D eigenvalue weighted by atomic mass is 9.81. The van der Waals surface area contributed by atoms with Gasteiger partial charge in [-0.3, -0.25) is 4.79 Å². The second kappa shape index (κ2) is 8.98. The van der Waals surface area contributed by atoms with Gasteiger partial charge in [-0.25, -0.2) is 0 Å². The molecule has 1 aromatic carbocycles. The van der Waals surface area contributed by atoms with E-state index in [0.29, 0.717) is 12.8 Å². The fourth-order valence-electron chi connectivity index (χ4n) is 2.19. The Morgan fingerprint density at radius 3 is 2.26 bits per heavy atom. The first-order valence-corrected chi connectivity index (χ1v) is 7.10. The van der Waals surface area contributed by atoms with Crippen molar-refractivity contribution in [2.75, 3.05) is 6.54 Å². The molecule has 0 aliphatic carbocycles. The molecule has 0 radical (unpaired) electrons. The van der Waals surface area contributed by atoms with Crippen LogP contribution in [-0.2, 0) is 11.3 Å². The first-order valence-electron chi connectivity index (χ1n) is 7.10. The number of nitrogens with two attached hydrogens (primary N) is 1. The fraction of sp³-hybridized carbons (Fsp3) is 0.533. The number of carbonyl (C=O) groups excluding carboxylic acids is 1. The Morgan fingerprint density at radius 2 is 1.78 bits per heavy atom. The third-order valence-corrected chi connectivity index (χ3v) is 3.86. The van der Waals surface area contributed by atoms with Gasteiger partial charge in [0.1, 0.15) is 5.75 Å². The summed E-state index contributed by atoms with van der Waals surface area (Å²) in [5.74, 6) is -0.580. The Bertz CT molecular complexity index is 497. The molecule has 0 atom stereocenters. The Labute approximate surface area is 140 Å². The number of hydrogen-bond donors (Lipinski definition) is 2. The molecule has 0 heterocycles. The number of ether oxygens (including phenoxy) is 1. The van der Waals surface area contributed by atoms with Crippen LogP contribution in [0.3, 0.4) is 0 Å². The summed E-state index contributed by atoms with van der Waals surface area (Å²) in [4.78, 5) is 12.3. The SMILES string of the molecule is CCC(CC)(CN)C(=O)NCc1ccccc1OC(F)(F)F.Cl. The van der Waals surface area contributed by atoms with E-state index in [9.17, 15) is 18.0 Å². The van der Waals surface area contributed by atoms with E-state index in [4.69, 9.17) is 5.73 Å². The molecule has 0 saturated carbocycles. The lowest BCUT2D eigenvalue weighted by Gasteiger charge is -2.28. The van der Waals surface area contributed by atoms with Gasteiger partial charge in [0.2, 0.25) is 5.91 Å². The maximum Gasteiger partial charge on any atom is 0.573 e. The van der Waals surface area contributed by atoms with E-state index in [1.54, 1.807) is 6.07 Å². The maximum atomic E-state index is 12.3. The topological polar surface area (TPSA) is 64.4 Å². The van der Waals surface area contributed by atoms with Crippen LogP contribution in [0.2, 0.25) is 0 Å². The van der Waals surface area contributed by atoms with Gasteiger partial charge in [0.25, 0.3) is 0 Å². The molecule has 0 saturated heterocycles. The normalized spacial score (nSPS) is 11.6. The van der Waals surface area contributed by atoms with Gasteiger partial charge in [-0.15, -0.1) is 25.6 Å². The molecule has 23 heavy (non-hydrogen) atoms.